The van der Waals surface area contributed by atoms with Gasteiger partial charge in [0.15, 0.2) is 11.5 Å². The van der Waals surface area contributed by atoms with Gasteiger partial charge in [0.25, 0.3) is 0 Å². The first kappa shape index (κ1) is 33.7. The first-order valence-corrected chi connectivity index (χ1v) is 13.1. The van der Waals surface area contributed by atoms with Crippen LogP contribution in [0.4, 0.5) is 37.7 Å². The molecule has 0 aliphatic carbocycles. The lowest BCUT2D eigenvalue weighted by Crippen LogP contribution is -2.04. The van der Waals surface area contributed by atoms with E-state index in [4.69, 9.17) is 51.1 Å². The van der Waals surface area contributed by atoms with Gasteiger partial charge in [-0.2, -0.15) is 26.3 Å². The highest BCUT2D eigenvalue weighted by atomic mass is 35.5. The van der Waals surface area contributed by atoms with Crippen molar-refractivity contribution in [2.45, 2.75) is 12.4 Å². The molecular weight excluding hydrogens is 708 g/mol. The number of halogens is 10. The van der Waals surface area contributed by atoms with Gasteiger partial charge in [-0.15, -0.1) is 0 Å². The summed E-state index contributed by atoms with van der Waals surface area (Å²) in [6, 6.07) is 5.48. The Hall–Kier alpha value is -4.18. The summed E-state index contributed by atoms with van der Waals surface area (Å²) >= 11 is 25.0. The van der Waals surface area contributed by atoms with Gasteiger partial charge in [-0.3, -0.25) is 20.2 Å². The van der Waals surface area contributed by atoms with E-state index in [0.717, 1.165) is 24.3 Å². The predicted molar refractivity (Wildman–Crippen MR) is 151 cm³/mol. The number of aromatic hydroxyl groups is 2. The molecule has 0 unspecified atom stereocenters. The van der Waals surface area contributed by atoms with Crippen molar-refractivity contribution in [3.8, 4) is 45.3 Å². The minimum Gasteiger partial charge on any atom is -0.501 e. The zero-order valence-electron chi connectivity index (χ0n) is 21.2. The minimum atomic E-state index is -4.78. The summed E-state index contributed by atoms with van der Waals surface area (Å²) in [6.45, 7) is 0. The second-order valence-electron chi connectivity index (χ2n) is 8.83. The van der Waals surface area contributed by atoms with Crippen LogP contribution in [0.2, 0.25) is 20.1 Å². The summed E-state index contributed by atoms with van der Waals surface area (Å²) in [5, 5.41) is 41.5. The fourth-order valence-corrected chi connectivity index (χ4v) is 5.31. The molecule has 0 aromatic heterocycles. The Morgan fingerprint density at radius 1 is 0.578 bits per heavy atom. The van der Waals surface area contributed by atoms with Crippen LogP contribution in [0, 0.1) is 20.2 Å². The number of rotatable bonds is 6. The van der Waals surface area contributed by atoms with Crippen LogP contribution in [-0.2, 0) is 12.4 Å². The maximum Gasteiger partial charge on any atom is 0.416 e. The van der Waals surface area contributed by atoms with Crippen molar-refractivity contribution in [2.75, 3.05) is 0 Å². The van der Waals surface area contributed by atoms with E-state index >= 15 is 0 Å². The molecule has 0 atom stereocenters. The quantitative estimate of drug-likeness (QED) is 0.115. The largest absolute Gasteiger partial charge is 0.501 e. The van der Waals surface area contributed by atoms with Crippen LogP contribution < -0.4 is 4.74 Å². The number of hydrogen-bond acceptors (Lipinski definition) is 7. The molecule has 0 saturated carbocycles. The summed E-state index contributed by atoms with van der Waals surface area (Å²) < 4.78 is 84.1. The topological polar surface area (TPSA) is 136 Å². The lowest BCUT2D eigenvalue weighted by molar-refractivity contribution is -0.385. The van der Waals surface area contributed by atoms with Gasteiger partial charge in [0.1, 0.15) is 10.0 Å². The number of nitro benzene ring substituents is 2. The summed E-state index contributed by atoms with van der Waals surface area (Å²) in [5.74, 6) is -4.27. The van der Waals surface area contributed by atoms with Crippen molar-refractivity contribution in [2.24, 2.45) is 0 Å². The van der Waals surface area contributed by atoms with E-state index in [1.54, 1.807) is 0 Å². The molecule has 0 heterocycles. The smallest absolute Gasteiger partial charge is 0.416 e. The SMILES string of the molecule is O=[N+]([O-])c1c(O)c(Cl)c(Oc2c(Cl)c(O)c([N+](=O)[O-])c(-c3ccc(C(F)(F)F)cc3)c2Cl)c(Cl)c1-c1ccc(C(F)(F)F)cc1. The first-order valence-electron chi connectivity index (χ1n) is 11.6. The summed E-state index contributed by atoms with van der Waals surface area (Å²) in [4.78, 5) is 21.4. The molecule has 4 aromatic carbocycles. The lowest BCUT2D eigenvalue weighted by atomic mass is 10.00. The second kappa shape index (κ2) is 12.0. The van der Waals surface area contributed by atoms with Crippen LogP contribution >= 0.6 is 46.4 Å². The Balaban J connectivity index is 1.99. The van der Waals surface area contributed by atoms with Crippen molar-refractivity contribution in [1.29, 1.82) is 0 Å². The molecule has 4 aromatic rings. The molecule has 0 spiro atoms. The third kappa shape index (κ3) is 6.20. The van der Waals surface area contributed by atoms with Gasteiger partial charge in [0.05, 0.1) is 42.1 Å². The average molecular weight is 718 g/mol. The van der Waals surface area contributed by atoms with Crippen molar-refractivity contribution < 1.29 is 51.1 Å². The first-order chi connectivity index (χ1) is 20.8. The molecule has 0 saturated heterocycles. The van der Waals surface area contributed by atoms with Gasteiger partial charge in [-0.1, -0.05) is 70.7 Å². The number of ether oxygens (including phenoxy) is 1. The Morgan fingerprint density at radius 3 is 1.11 bits per heavy atom. The molecule has 0 radical (unpaired) electrons. The van der Waals surface area contributed by atoms with E-state index in [-0.39, 0.29) is 11.1 Å². The summed E-state index contributed by atoms with van der Waals surface area (Å²) in [5.41, 5.74) is -6.58. The highest BCUT2D eigenvalue weighted by molar-refractivity contribution is 6.42. The van der Waals surface area contributed by atoms with E-state index in [9.17, 15) is 56.8 Å². The fraction of sp³-hybridized carbons (Fsp3) is 0.0769. The van der Waals surface area contributed by atoms with Crippen molar-refractivity contribution in [3.63, 3.8) is 0 Å². The fourth-order valence-electron chi connectivity index (χ4n) is 4.10. The molecule has 45 heavy (non-hydrogen) atoms. The number of benzene rings is 4. The number of alkyl halides is 6. The molecule has 0 fully saturated rings. The molecule has 236 valence electrons. The predicted octanol–water partition coefficient (Wildman–Crippen LogP) is 10.7. The Labute approximate surface area is 266 Å². The summed E-state index contributed by atoms with van der Waals surface area (Å²) in [7, 11) is 0. The highest BCUT2D eigenvalue weighted by Crippen LogP contribution is 2.58. The minimum absolute atomic E-state index is 0.328. The maximum absolute atomic E-state index is 13.1. The van der Waals surface area contributed by atoms with Gasteiger partial charge in [0, 0.05) is 0 Å². The van der Waals surface area contributed by atoms with Crippen LogP contribution in [0.25, 0.3) is 22.3 Å². The Bertz CT molecular complexity index is 1730. The summed E-state index contributed by atoms with van der Waals surface area (Å²) in [6.07, 6.45) is -9.55. The van der Waals surface area contributed by atoms with E-state index in [1.165, 1.54) is 0 Å². The molecular formula is C26H10Cl4F6N2O7. The number of phenols is 2. The van der Waals surface area contributed by atoms with Crippen molar-refractivity contribution in [1.82, 2.24) is 0 Å². The van der Waals surface area contributed by atoms with E-state index < -0.39 is 98.9 Å². The standard InChI is InChI=1S/C26H10Cl4F6N2O7/c27-15-13(9-1-5-11(6-2-9)25(31,32)33)19(37(41)42)21(39)17(29)23(15)45-24-16(28)14(20(38(43)44)22(40)18(24)30)10-3-7-12(8-4-10)26(34,35)36/h1-8,39-40H. The van der Waals surface area contributed by atoms with E-state index in [1.807, 2.05) is 0 Å². The Kier molecular flexibility index (Phi) is 8.96. The highest BCUT2D eigenvalue weighted by Gasteiger charge is 2.37. The number of hydrogen-bond donors (Lipinski definition) is 2. The van der Waals surface area contributed by atoms with Gasteiger partial charge in [-0.05, 0) is 35.4 Å². The maximum atomic E-state index is 13.1. The molecule has 19 heteroatoms. The zero-order valence-corrected chi connectivity index (χ0v) is 24.3. The van der Waals surface area contributed by atoms with Crippen LogP contribution in [0.5, 0.6) is 23.0 Å². The third-order valence-corrected chi connectivity index (χ3v) is 7.57. The molecule has 2 N–H and O–H groups in total. The number of phenolic OH excluding ortho intramolecular Hbond substituents is 2. The Morgan fingerprint density at radius 2 is 0.867 bits per heavy atom. The van der Waals surface area contributed by atoms with Crippen LogP contribution in [0.3, 0.4) is 0 Å². The molecule has 0 aliphatic rings. The van der Waals surface area contributed by atoms with Crippen LogP contribution in [0.15, 0.2) is 48.5 Å². The monoisotopic (exact) mass is 716 g/mol. The molecule has 0 amide bonds. The van der Waals surface area contributed by atoms with Crippen LogP contribution in [-0.4, -0.2) is 20.1 Å². The van der Waals surface area contributed by atoms with Gasteiger partial charge in [0.2, 0.25) is 11.5 Å². The molecule has 9 nitrogen and oxygen atoms in total. The van der Waals surface area contributed by atoms with E-state index in [2.05, 4.69) is 0 Å². The zero-order chi connectivity index (χ0) is 33.8. The van der Waals surface area contributed by atoms with Gasteiger partial charge in [-0.25, -0.2) is 0 Å². The lowest BCUT2D eigenvalue weighted by Gasteiger charge is -2.19. The van der Waals surface area contributed by atoms with Gasteiger partial charge < -0.3 is 14.9 Å². The normalized spacial score (nSPS) is 11.9. The number of nitrogens with zero attached hydrogens (tertiary/aromatic N) is 2. The van der Waals surface area contributed by atoms with Crippen LogP contribution in [0.1, 0.15) is 11.1 Å². The molecule has 4 rings (SSSR count). The van der Waals surface area contributed by atoms with Gasteiger partial charge >= 0.3 is 23.7 Å². The second-order valence-corrected chi connectivity index (χ2v) is 10.3. The van der Waals surface area contributed by atoms with Crippen molar-refractivity contribution in [3.05, 3.63) is 100.0 Å². The molecule has 0 bridgehead atoms. The average Bonchev–Trinajstić information content (AvgIpc) is 2.95. The number of nitro groups is 2. The van der Waals surface area contributed by atoms with Crippen molar-refractivity contribution >= 4 is 57.8 Å². The van der Waals surface area contributed by atoms with E-state index in [0.29, 0.717) is 24.3 Å². The third-order valence-electron chi connectivity index (χ3n) is 6.15. The molecule has 0 aliphatic heterocycles.